The molecule has 12 aromatic rings. The van der Waals surface area contributed by atoms with E-state index in [9.17, 15) is 14.7 Å². The fraction of sp³-hybridized carbons (Fsp3) is 0.376. The molecule has 4 aromatic carbocycles. The Labute approximate surface area is 703 Å². The summed E-state index contributed by atoms with van der Waals surface area (Å²) < 4.78 is 11.4. The zero-order valence-corrected chi connectivity index (χ0v) is 69.1. The van der Waals surface area contributed by atoms with Crippen molar-refractivity contribution >= 4 is 93.7 Å². The van der Waals surface area contributed by atoms with Gasteiger partial charge >= 0.3 is 0 Å². The Kier molecular flexibility index (Phi) is 28.1. The molecule has 2 amide bonds. The van der Waals surface area contributed by atoms with Gasteiger partial charge in [-0.05, 0) is 231 Å². The van der Waals surface area contributed by atoms with Crippen LogP contribution in [0.25, 0.3) is 23.3 Å². The van der Waals surface area contributed by atoms with Gasteiger partial charge in [-0.1, -0.05) is 44.2 Å². The molecule has 36 nitrogen and oxygen atoms in total. The second-order valence-electron chi connectivity index (χ2n) is 30.8. The fourth-order valence-electron chi connectivity index (χ4n) is 15.2. The number of anilines is 14. The number of nitrogens with zero attached hydrogens (tertiary/aromatic N) is 24. The second kappa shape index (κ2) is 40.4. The average Bonchev–Trinajstić information content (AvgIpc) is 1.38. The average molecular weight is 1640 g/mol. The number of rotatable bonds is 23. The first kappa shape index (κ1) is 84.2. The molecular formula is C85H108N32O4. The Morgan fingerprint density at radius 1 is 0.479 bits per heavy atom. The van der Waals surface area contributed by atoms with Gasteiger partial charge in [0.15, 0.2) is 23.3 Å². The predicted molar refractivity (Wildman–Crippen MR) is 470 cm³/mol. The zero-order chi connectivity index (χ0) is 84.1. The highest BCUT2D eigenvalue weighted by Gasteiger charge is 2.30. The van der Waals surface area contributed by atoms with Crippen LogP contribution < -0.4 is 54.0 Å². The van der Waals surface area contributed by atoms with Gasteiger partial charge in [-0.15, -0.1) is 20.4 Å². The Balaban J connectivity index is 0.000000132. The number of nitrogens with two attached hydrogens (primary N) is 4. The Bertz CT molecular complexity index is 5240. The van der Waals surface area contributed by atoms with Crippen molar-refractivity contribution in [2.45, 2.75) is 90.3 Å². The van der Waals surface area contributed by atoms with Crippen LogP contribution in [-0.2, 0) is 4.74 Å². The molecule has 0 radical (unpaired) electrons. The molecule has 5 saturated heterocycles. The van der Waals surface area contributed by atoms with Crippen molar-refractivity contribution in [3.8, 4) is 23.3 Å². The molecule has 2 atom stereocenters. The largest absolute Gasteiger partial charge is 0.394 e. The van der Waals surface area contributed by atoms with E-state index in [0.717, 1.165) is 120 Å². The van der Waals surface area contributed by atoms with E-state index in [1.807, 2.05) is 131 Å². The van der Waals surface area contributed by atoms with Crippen LogP contribution >= 0.6 is 0 Å². The van der Waals surface area contributed by atoms with Crippen LogP contribution in [0.1, 0.15) is 104 Å². The third-order valence-electron chi connectivity index (χ3n) is 21.9. The van der Waals surface area contributed by atoms with Crippen molar-refractivity contribution < 1.29 is 19.4 Å². The van der Waals surface area contributed by atoms with Gasteiger partial charge in [0, 0.05) is 129 Å². The number of carbonyl (C=O) groups is 2. The standard InChI is InChI=1S/C23H33N9O2.C23H28N8O.C20H24N8O.C19H23N7/c1-16(2)12-19(14-33)30(3)20-13-21(26-15-25-20)32-22(24)28-23(29-32)27-17-4-6-18(7-5-17)31-8-10-34-11-9-31;24-22-27-23(28-31(22)20-5-1-2-12-25-20)26-18-8-6-17(7-9-18)21(32)30-15-10-19(11-16-30)29-13-3-4-14-29;1-26-11-4-12-27(14-13-26)18(29)15-6-8-16(9-7-15)23-20-24-19(21)28(25-20)17-5-2-3-10-22-17;1-14(25-12-4-5-13-25)15-7-9-16(10-8-15)22-19-23-18(20)26(24-19)17-6-2-3-11-21-17/h4-7,13,15-16,19,33H,8-12,14H2,1-3H3,(H3,24,27,28,29);1-2,5-9,12,19H,3-4,10-11,13-16H2,(H3,24,26,27,28);2-3,5-10H,4,11-14H2,1H3,(H3,21,23,24,25);2-3,6-11,14H,4-5,12-13H2,1H3,(H3,20,22,23,24)/t19-;;;/m0.../s1. The number of carbonyl (C=O) groups excluding carboxylic acids is 2. The van der Waals surface area contributed by atoms with Crippen molar-refractivity contribution in [2.75, 3.05) is 166 Å². The minimum absolute atomic E-state index is 0.0396. The number of aliphatic hydroxyl groups excluding tert-OH is 1. The lowest BCUT2D eigenvalue weighted by molar-refractivity contribution is 0.0644. The summed E-state index contributed by atoms with van der Waals surface area (Å²) in [4.78, 5) is 79.7. The quantitative estimate of drug-likeness (QED) is 0.0287. The molecule has 0 aliphatic carbocycles. The molecule has 36 heteroatoms. The molecule has 0 saturated carbocycles. The molecule has 8 aromatic heterocycles. The van der Waals surface area contributed by atoms with Crippen LogP contribution in [0, 0.1) is 5.92 Å². The van der Waals surface area contributed by atoms with Crippen LogP contribution in [0.15, 0.2) is 183 Å². The number of nitrogens with one attached hydrogen (secondary N) is 4. The number of hydrogen-bond acceptors (Lipinski definition) is 30. The lowest BCUT2D eigenvalue weighted by Gasteiger charge is -2.36. The van der Waals surface area contributed by atoms with Crippen molar-refractivity contribution in [2.24, 2.45) is 5.92 Å². The van der Waals surface area contributed by atoms with E-state index in [4.69, 9.17) is 27.7 Å². The van der Waals surface area contributed by atoms with Crippen LogP contribution in [0.4, 0.5) is 81.8 Å². The third-order valence-corrected chi connectivity index (χ3v) is 21.9. The summed E-state index contributed by atoms with van der Waals surface area (Å²) in [6.45, 7) is 19.8. The van der Waals surface area contributed by atoms with Crippen LogP contribution in [-0.4, -0.2) is 250 Å². The maximum Gasteiger partial charge on any atom is 0.253 e. The van der Waals surface area contributed by atoms with Crippen LogP contribution in [0.3, 0.4) is 0 Å². The number of likely N-dealkylation sites (tertiary alicyclic amines) is 3. The van der Waals surface area contributed by atoms with Gasteiger partial charge in [0.2, 0.25) is 47.6 Å². The number of amides is 2. The highest BCUT2D eigenvalue weighted by molar-refractivity contribution is 5.95. The van der Waals surface area contributed by atoms with E-state index in [1.165, 1.54) is 82.5 Å². The van der Waals surface area contributed by atoms with E-state index < -0.39 is 0 Å². The number of hydrogen-bond donors (Lipinski definition) is 9. The van der Waals surface area contributed by atoms with E-state index in [-0.39, 0.29) is 42.3 Å². The van der Waals surface area contributed by atoms with Crippen molar-refractivity contribution in [1.29, 1.82) is 0 Å². The Morgan fingerprint density at radius 3 is 1.35 bits per heavy atom. The topological polar surface area (TPSA) is 426 Å². The minimum Gasteiger partial charge on any atom is -0.394 e. The number of morpholine rings is 1. The number of likely N-dealkylation sites (N-methyl/N-ethyl adjacent to an activating group) is 2. The minimum atomic E-state index is -0.0477. The number of pyridine rings is 3. The zero-order valence-electron chi connectivity index (χ0n) is 69.1. The van der Waals surface area contributed by atoms with Gasteiger partial charge in [0.25, 0.3) is 11.8 Å². The van der Waals surface area contributed by atoms with Gasteiger partial charge in [-0.3, -0.25) is 14.5 Å². The first-order valence-corrected chi connectivity index (χ1v) is 41.3. The number of aromatic nitrogens is 17. The second-order valence-corrected chi connectivity index (χ2v) is 30.8. The van der Waals surface area contributed by atoms with Gasteiger partial charge < -0.3 is 83.4 Å². The maximum absolute atomic E-state index is 12.9. The van der Waals surface area contributed by atoms with E-state index in [0.29, 0.717) is 88.0 Å². The molecule has 0 bridgehead atoms. The van der Waals surface area contributed by atoms with E-state index in [2.05, 4.69) is 170 Å². The lowest BCUT2D eigenvalue weighted by atomic mass is 10.0. The summed E-state index contributed by atoms with van der Waals surface area (Å²) in [7, 11) is 4.00. The van der Waals surface area contributed by atoms with Crippen molar-refractivity contribution in [3.05, 3.63) is 199 Å². The number of aliphatic hydroxyl groups is 1. The van der Waals surface area contributed by atoms with Gasteiger partial charge in [0.1, 0.15) is 12.1 Å². The van der Waals surface area contributed by atoms with Crippen LogP contribution in [0.2, 0.25) is 0 Å². The molecule has 5 fully saturated rings. The number of nitrogen functional groups attached to an aromatic ring is 4. The smallest absolute Gasteiger partial charge is 0.253 e. The Morgan fingerprint density at radius 2 is 0.909 bits per heavy atom. The molecular weight excluding hydrogens is 1530 g/mol. The van der Waals surface area contributed by atoms with Gasteiger partial charge in [0.05, 0.1) is 25.9 Å². The predicted octanol–water partition coefficient (Wildman–Crippen LogP) is 9.66. The molecule has 13 heterocycles. The molecule has 5 aliphatic heterocycles. The van der Waals surface area contributed by atoms with Gasteiger partial charge in [-0.2, -0.15) is 38.7 Å². The molecule has 17 rings (SSSR count). The maximum atomic E-state index is 12.9. The van der Waals surface area contributed by atoms with Crippen LogP contribution in [0.5, 0.6) is 0 Å². The van der Waals surface area contributed by atoms with Crippen molar-refractivity contribution in [1.82, 2.24) is 108 Å². The van der Waals surface area contributed by atoms with E-state index in [1.54, 1.807) is 30.7 Å². The SMILES string of the molecule is CC(C)C[C@@H](CO)N(C)c1cc(-n2nc(Nc3ccc(N4CCOCC4)cc3)nc2N)ncn1.CC(c1ccc(Nc2nc(N)n(-c3ccccn3)n2)cc1)N1CCCC1.CN1CCCN(C(=O)c2ccc(Nc3nc(N)n(-c4ccccn4)n3)cc2)CC1.Nc1nc(Nc2ccc(C(=O)N3CCC(N4CCCC4)CC3)cc2)nn1-c1ccccn1. The van der Waals surface area contributed by atoms with Gasteiger partial charge in [-0.25, -0.2) is 24.9 Å². The van der Waals surface area contributed by atoms with E-state index >= 15 is 0 Å². The third kappa shape index (κ3) is 22.2. The highest BCUT2D eigenvalue weighted by atomic mass is 16.5. The molecule has 1 unspecified atom stereocenters. The summed E-state index contributed by atoms with van der Waals surface area (Å²) in [5.41, 5.74) is 31.2. The monoisotopic (exact) mass is 1640 g/mol. The lowest BCUT2D eigenvalue weighted by Crippen LogP contribution is -2.45. The summed E-state index contributed by atoms with van der Waals surface area (Å²) in [5, 5.41) is 40.1. The molecule has 5 aliphatic rings. The first-order valence-electron chi connectivity index (χ1n) is 41.3. The molecule has 0 spiro atoms. The first-order chi connectivity index (χ1) is 58.9. The highest BCUT2D eigenvalue weighted by Crippen LogP contribution is 2.30. The summed E-state index contributed by atoms with van der Waals surface area (Å²) in [6, 6.07) is 50.6. The summed E-state index contributed by atoms with van der Waals surface area (Å²) >= 11 is 0. The molecule has 13 N–H and O–H groups in total. The Hall–Kier alpha value is -13.3. The normalized spacial score (nSPS) is 15.9. The molecule has 632 valence electrons. The fourth-order valence-corrected chi connectivity index (χ4v) is 15.2. The number of ether oxygens (including phenoxy) is 1. The molecule has 121 heavy (non-hydrogen) atoms. The summed E-state index contributed by atoms with van der Waals surface area (Å²) in [5.74, 6) is 6.16. The summed E-state index contributed by atoms with van der Waals surface area (Å²) in [6.07, 6.45) is 15.7. The number of piperidine rings is 1. The van der Waals surface area contributed by atoms with Crippen molar-refractivity contribution in [3.63, 3.8) is 0 Å². The number of benzene rings is 4.